The molecule has 0 atom stereocenters. The number of fused-ring (bicyclic) bond motifs is 1. The Hall–Kier alpha value is -2.35. The molecule has 1 heterocycles. The first-order valence-corrected chi connectivity index (χ1v) is 5.19. The number of ether oxygens (including phenoxy) is 2. The smallest absolute Gasteiger partial charge is 0.296 e. The summed E-state index contributed by atoms with van der Waals surface area (Å²) in [5.74, 6) is 0.265. The summed E-state index contributed by atoms with van der Waals surface area (Å²) in [6.07, 6.45) is 0.0889. The number of benzene rings is 1. The van der Waals surface area contributed by atoms with Crippen molar-refractivity contribution >= 4 is 17.3 Å². The first kappa shape index (κ1) is 12.1. The Morgan fingerprint density at radius 1 is 1.44 bits per heavy atom. The first-order valence-electron chi connectivity index (χ1n) is 5.19. The normalized spacial score (nSPS) is 12.3. The lowest BCUT2D eigenvalue weighted by molar-refractivity contribution is -0.384. The summed E-state index contributed by atoms with van der Waals surface area (Å²) in [6.45, 7) is 0.177. The van der Waals surface area contributed by atoms with E-state index in [0.29, 0.717) is 11.5 Å². The first-order chi connectivity index (χ1) is 8.61. The van der Waals surface area contributed by atoms with E-state index in [1.54, 1.807) is 0 Å². The summed E-state index contributed by atoms with van der Waals surface area (Å²) in [5, 5.41) is 13.3. The summed E-state index contributed by atoms with van der Waals surface area (Å²) in [7, 11) is 0. The second-order valence-corrected chi connectivity index (χ2v) is 3.57. The molecular formula is C10H11N3O5. The third kappa shape index (κ3) is 2.33. The van der Waals surface area contributed by atoms with Gasteiger partial charge in [0.2, 0.25) is 12.7 Å². The van der Waals surface area contributed by atoms with E-state index in [-0.39, 0.29) is 37.0 Å². The number of rotatable bonds is 4. The summed E-state index contributed by atoms with van der Waals surface area (Å²) < 4.78 is 10.1. The molecule has 1 aromatic carbocycles. The number of carbonyl (C=O) groups is 1. The molecule has 1 aromatic rings. The monoisotopic (exact) mass is 253 g/mol. The van der Waals surface area contributed by atoms with Gasteiger partial charge in [-0.15, -0.1) is 0 Å². The van der Waals surface area contributed by atoms with Gasteiger partial charge in [0.25, 0.3) is 5.69 Å². The average Bonchev–Trinajstić information content (AvgIpc) is 2.74. The fourth-order valence-corrected chi connectivity index (χ4v) is 1.53. The van der Waals surface area contributed by atoms with Crippen LogP contribution in [0.5, 0.6) is 11.5 Å². The zero-order chi connectivity index (χ0) is 13.1. The van der Waals surface area contributed by atoms with Gasteiger partial charge < -0.3 is 20.5 Å². The highest BCUT2D eigenvalue weighted by Gasteiger charge is 2.24. The molecule has 1 aliphatic rings. The number of amides is 1. The number of nitro benzene ring substituents is 1. The van der Waals surface area contributed by atoms with Crippen LogP contribution in [-0.4, -0.2) is 24.2 Å². The van der Waals surface area contributed by atoms with E-state index >= 15 is 0 Å². The molecule has 0 radical (unpaired) electrons. The van der Waals surface area contributed by atoms with Crippen LogP contribution >= 0.6 is 0 Å². The molecule has 0 spiro atoms. The number of anilines is 1. The quantitative estimate of drug-likeness (QED) is 0.599. The van der Waals surface area contributed by atoms with Crippen LogP contribution in [0.1, 0.15) is 6.42 Å². The molecule has 0 saturated heterocycles. The topological polar surface area (TPSA) is 117 Å². The van der Waals surface area contributed by atoms with E-state index in [0.717, 1.165) is 0 Å². The molecule has 8 heteroatoms. The Kier molecular flexibility index (Phi) is 3.28. The lowest BCUT2D eigenvalue weighted by atomic mass is 10.2. The maximum Gasteiger partial charge on any atom is 0.296 e. The number of hydrogen-bond donors (Lipinski definition) is 2. The third-order valence-corrected chi connectivity index (χ3v) is 2.33. The lowest BCUT2D eigenvalue weighted by Gasteiger charge is -2.06. The van der Waals surface area contributed by atoms with E-state index in [1.807, 2.05) is 0 Å². The maximum atomic E-state index is 11.4. The van der Waals surface area contributed by atoms with Crippen LogP contribution in [0.25, 0.3) is 0 Å². The van der Waals surface area contributed by atoms with E-state index in [4.69, 9.17) is 15.2 Å². The molecular weight excluding hydrogens is 242 g/mol. The third-order valence-electron chi connectivity index (χ3n) is 2.33. The number of nitrogens with two attached hydrogens (primary N) is 1. The second kappa shape index (κ2) is 4.88. The molecule has 0 aromatic heterocycles. The van der Waals surface area contributed by atoms with Gasteiger partial charge in [0.05, 0.1) is 11.0 Å². The molecule has 1 aliphatic heterocycles. The molecule has 18 heavy (non-hydrogen) atoms. The number of hydrogen-bond acceptors (Lipinski definition) is 6. The van der Waals surface area contributed by atoms with Gasteiger partial charge in [-0.05, 0) is 0 Å². The van der Waals surface area contributed by atoms with Crippen molar-refractivity contribution in [2.75, 3.05) is 18.7 Å². The van der Waals surface area contributed by atoms with Gasteiger partial charge in [-0.2, -0.15) is 0 Å². The average molecular weight is 253 g/mol. The summed E-state index contributed by atoms with van der Waals surface area (Å²) in [6, 6.07) is 2.59. The Labute approximate surface area is 102 Å². The fourth-order valence-electron chi connectivity index (χ4n) is 1.53. The highest BCUT2D eigenvalue weighted by molar-refractivity contribution is 5.93. The van der Waals surface area contributed by atoms with Crippen molar-refractivity contribution in [1.29, 1.82) is 0 Å². The van der Waals surface area contributed by atoms with Crippen LogP contribution in [0.15, 0.2) is 12.1 Å². The molecule has 3 N–H and O–H groups in total. The Morgan fingerprint density at radius 3 is 2.72 bits per heavy atom. The number of nitrogens with zero attached hydrogens (tertiary/aromatic N) is 1. The van der Waals surface area contributed by atoms with Gasteiger partial charge >= 0.3 is 0 Å². The molecule has 96 valence electrons. The number of carbonyl (C=O) groups excluding carboxylic acids is 1. The molecule has 2 rings (SSSR count). The number of nitro groups is 1. The zero-order valence-corrected chi connectivity index (χ0v) is 9.34. The van der Waals surface area contributed by atoms with Crippen LogP contribution in [-0.2, 0) is 4.79 Å². The van der Waals surface area contributed by atoms with Gasteiger partial charge in [0.15, 0.2) is 11.5 Å². The van der Waals surface area contributed by atoms with E-state index < -0.39 is 4.92 Å². The summed E-state index contributed by atoms with van der Waals surface area (Å²) in [4.78, 5) is 21.7. The lowest BCUT2D eigenvalue weighted by Crippen LogP contribution is -2.16. The molecule has 8 nitrogen and oxygen atoms in total. The SMILES string of the molecule is NCCC(=O)Nc1cc2c(cc1[N+](=O)[O-])OCO2. The largest absolute Gasteiger partial charge is 0.454 e. The Morgan fingerprint density at radius 2 is 2.11 bits per heavy atom. The number of nitrogens with one attached hydrogen (secondary N) is 1. The highest BCUT2D eigenvalue weighted by atomic mass is 16.7. The van der Waals surface area contributed by atoms with Crippen molar-refractivity contribution in [2.24, 2.45) is 5.73 Å². The minimum Gasteiger partial charge on any atom is -0.454 e. The Balaban J connectivity index is 2.32. The van der Waals surface area contributed by atoms with Crippen molar-refractivity contribution in [1.82, 2.24) is 0 Å². The highest BCUT2D eigenvalue weighted by Crippen LogP contribution is 2.40. The van der Waals surface area contributed by atoms with Crippen LogP contribution in [0, 0.1) is 10.1 Å². The van der Waals surface area contributed by atoms with Gasteiger partial charge in [-0.1, -0.05) is 0 Å². The van der Waals surface area contributed by atoms with Gasteiger partial charge in [-0.3, -0.25) is 14.9 Å². The minimum absolute atomic E-state index is 0.00663. The summed E-state index contributed by atoms with van der Waals surface area (Å²) in [5.41, 5.74) is 5.06. The van der Waals surface area contributed by atoms with Gasteiger partial charge in [0.1, 0.15) is 5.69 Å². The van der Waals surface area contributed by atoms with Crippen molar-refractivity contribution in [2.45, 2.75) is 6.42 Å². The molecule has 0 saturated carbocycles. The maximum absolute atomic E-state index is 11.4. The standard InChI is InChI=1S/C10H11N3O5/c11-2-1-10(14)12-6-3-8-9(18-5-17-8)4-7(6)13(15)16/h3-4H,1-2,5,11H2,(H,12,14). The van der Waals surface area contributed by atoms with E-state index in [1.165, 1.54) is 12.1 Å². The van der Waals surface area contributed by atoms with Crippen molar-refractivity contribution in [3.8, 4) is 11.5 Å². The van der Waals surface area contributed by atoms with Crippen LogP contribution < -0.4 is 20.5 Å². The predicted molar refractivity (Wildman–Crippen MR) is 61.5 cm³/mol. The molecule has 0 unspecified atom stereocenters. The van der Waals surface area contributed by atoms with Gasteiger partial charge in [0, 0.05) is 19.0 Å². The predicted octanol–water partition coefficient (Wildman–Crippen LogP) is 0.611. The zero-order valence-electron chi connectivity index (χ0n) is 9.34. The molecule has 1 amide bonds. The minimum atomic E-state index is -0.597. The van der Waals surface area contributed by atoms with E-state index in [2.05, 4.69) is 5.32 Å². The Bertz CT molecular complexity index is 503. The summed E-state index contributed by atoms with van der Waals surface area (Å²) >= 11 is 0. The van der Waals surface area contributed by atoms with Crippen molar-refractivity contribution in [3.05, 3.63) is 22.2 Å². The molecule has 0 fully saturated rings. The second-order valence-electron chi connectivity index (χ2n) is 3.57. The van der Waals surface area contributed by atoms with E-state index in [9.17, 15) is 14.9 Å². The van der Waals surface area contributed by atoms with Gasteiger partial charge in [-0.25, -0.2) is 0 Å². The van der Waals surface area contributed by atoms with Crippen LogP contribution in [0.3, 0.4) is 0 Å². The van der Waals surface area contributed by atoms with Crippen molar-refractivity contribution < 1.29 is 19.2 Å². The van der Waals surface area contributed by atoms with Crippen LogP contribution in [0.4, 0.5) is 11.4 Å². The van der Waals surface area contributed by atoms with Crippen molar-refractivity contribution in [3.63, 3.8) is 0 Å². The van der Waals surface area contributed by atoms with Crippen LogP contribution in [0.2, 0.25) is 0 Å². The molecule has 0 aliphatic carbocycles. The fraction of sp³-hybridized carbons (Fsp3) is 0.300. The molecule has 0 bridgehead atoms.